The number of carbonyl (C=O) groups is 1. The van der Waals surface area contributed by atoms with Crippen molar-refractivity contribution >= 4 is 12.0 Å². The van der Waals surface area contributed by atoms with Crippen LogP contribution < -0.4 is 0 Å². The molecule has 1 N–H and O–H groups in total. The summed E-state index contributed by atoms with van der Waals surface area (Å²) in [6.45, 7) is 8.84. The molecule has 0 amide bonds. The first-order chi connectivity index (χ1) is 13.8. The van der Waals surface area contributed by atoms with Gasteiger partial charge in [0.15, 0.2) is 0 Å². The number of rotatable bonds is 6. The molecule has 3 heteroatoms. The van der Waals surface area contributed by atoms with Crippen LogP contribution in [-0.2, 0) is 16.6 Å². The van der Waals surface area contributed by atoms with Gasteiger partial charge in [-0.1, -0.05) is 56.8 Å². The van der Waals surface area contributed by atoms with Crippen LogP contribution >= 0.6 is 0 Å². The van der Waals surface area contributed by atoms with Gasteiger partial charge in [-0.05, 0) is 77.6 Å². The molecule has 29 heavy (non-hydrogen) atoms. The van der Waals surface area contributed by atoms with E-state index in [1.165, 1.54) is 47.9 Å². The molecule has 0 radical (unpaired) electrons. The summed E-state index contributed by atoms with van der Waals surface area (Å²) >= 11 is 0. The second-order valence-corrected chi connectivity index (χ2v) is 9.33. The standard InChI is InChI=1S/C26H31NO2/c1-5-18-15-20(19-8-6-17(7-9-19)14-24(28)29)16-22-25(18)23(12-13-26(22,2)3)27(4)21-10-11-21/h5-9,15-16,21,23H,1,10-14H2,2-4H3,(H,28,29). The second kappa shape index (κ2) is 7.46. The fourth-order valence-electron chi connectivity index (χ4n) is 4.85. The molecule has 0 aliphatic heterocycles. The molecular weight excluding hydrogens is 358 g/mol. The maximum atomic E-state index is 11.0. The first-order valence-electron chi connectivity index (χ1n) is 10.6. The van der Waals surface area contributed by atoms with E-state index < -0.39 is 5.97 Å². The molecule has 1 fully saturated rings. The monoisotopic (exact) mass is 389 g/mol. The lowest BCUT2D eigenvalue weighted by Gasteiger charge is -2.42. The minimum absolute atomic E-state index is 0.0601. The molecule has 4 rings (SSSR count). The van der Waals surface area contributed by atoms with Gasteiger partial charge in [-0.15, -0.1) is 0 Å². The Balaban J connectivity index is 1.78. The lowest BCUT2D eigenvalue weighted by atomic mass is 9.68. The highest BCUT2D eigenvalue weighted by molar-refractivity contribution is 5.74. The van der Waals surface area contributed by atoms with E-state index in [0.29, 0.717) is 6.04 Å². The molecule has 1 saturated carbocycles. The normalized spacial score (nSPS) is 20.3. The number of carboxylic acid groups (broad SMARTS) is 1. The highest BCUT2D eigenvalue weighted by atomic mass is 16.4. The first-order valence-corrected chi connectivity index (χ1v) is 10.6. The summed E-state index contributed by atoms with van der Waals surface area (Å²) in [6.07, 6.45) is 7.07. The number of aliphatic carboxylic acids is 1. The number of benzene rings is 2. The van der Waals surface area contributed by atoms with Gasteiger partial charge in [0.1, 0.15) is 0 Å². The molecule has 2 aromatic carbocycles. The Hall–Kier alpha value is -2.39. The van der Waals surface area contributed by atoms with Crippen molar-refractivity contribution in [3.05, 3.63) is 65.2 Å². The number of fused-ring (bicyclic) bond motifs is 1. The fourth-order valence-corrected chi connectivity index (χ4v) is 4.85. The van der Waals surface area contributed by atoms with Gasteiger partial charge >= 0.3 is 5.97 Å². The molecular formula is C26H31NO2. The number of nitrogens with zero attached hydrogens (tertiary/aromatic N) is 1. The van der Waals surface area contributed by atoms with E-state index >= 15 is 0 Å². The Morgan fingerprint density at radius 3 is 2.45 bits per heavy atom. The molecule has 2 aromatic rings. The minimum atomic E-state index is -0.798. The molecule has 3 nitrogen and oxygen atoms in total. The van der Waals surface area contributed by atoms with E-state index in [2.05, 4.69) is 44.5 Å². The third-order valence-electron chi connectivity index (χ3n) is 6.79. The van der Waals surface area contributed by atoms with E-state index in [4.69, 9.17) is 5.11 Å². The van der Waals surface area contributed by atoms with E-state index in [1.807, 2.05) is 30.3 Å². The maximum Gasteiger partial charge on any atom is 0.307 e. The Morgan fingerprint density at radius 1 is 1.17 bits per heavy atom. The first kappa shape index (κ1) is 19.9. The SMILES string of the molecule is C=Cc1cc(-c2ccc(CC(=O)O)cc2)cc2c1C(N(C)C1CC1)CCC2(C)C. The van der Waals surface area contributed by atoms with Crippen LogP contribution in [0.1, 0.15) is 67.8 Å². The van der Waals surface area contributed by atoms with Crippen molar-refractivity contribution in [3.63, 3.8) is 0 Å². The van der Waals surface area contributed by atoms with Crippen LogP contribution in [0.25, 0.3) is 17.2 Å². The van der Waals surface area contributed by atoms with Gasteiger partial charge in [-0.25, -0.2) is 0 Å². The maximum absolute atomic E-state index is 11.0. The van der Waals surface area contributed by atoms with Crippen LogP contribution in [0.3, 0.4) is 0 Å². The summed E-state index contributed by atoms with van der Waals surface area (Å²) in [5.41, 5.74) is 7.39. The Kier molecular flexibility index (Phi) is 5.12. The summed E-state index contributed by atoms with van der Waals surface area (Å²) in [6, 6.07) is 13.7. The van der Waals surface area contributed by atoms with Gasteiger partial charge in [0.2, 0.25) is 0 Å². The zero-order valence-corrected chi connectivity index (χ0v) is 17.7. The third-order valence-corrected chi connectivity index (χ3v) is 6.79. The van der Waals surface area contributed by atoms with Gasteiger partial charge < -0.3 is 5.11 Å². The van der Waals surface area contributed by atoms with E-state index in [9.17, 15) is 4.79 Å². The van der Waals surface area contributed by atoms with Crippen LogP contribution in [0.5, 0.6) is 0 Å². The predicted octanol–water partition coefficient (Wildman–Crippen LogP) is 5.83. The average Bonchev–Trinajstić information content (AvgIpc) is 3.52. The molecule has 2 aliphatic rings. The van der Waals surface area contributed by atoms with Crippen molar-refractivity contribution in [2.75, 3.05) is 7.05 Å². The fraction of sp³-hybridized carbons (Fsp3) is 0.423. The van der Waals surface area contributed by atoms with Gasteiger partial charge in [-0.3, -0.25) is 9.69 Å². The zero-order valence-electron chi connectivity index (χ0n) is 17.7. The molecule has 0 bridgehead atoms. The second-order valence-electron chi connectivity index (χ2n) is 9.33. The number of hydrogen-bond donors (Lipinski definition) is 1. The molecule has 0 saturated heterocycles. The highest BCUT2D eigenvalue weighted by Crippen LogP contribution is 2.48. The molecule has 1 atom stereocenters. The smallest absolute Gasteiger partial charge is 0.307 e. The van der Waals surface area contributed by atoms with Gasteiger partial charge in [0, 0.05) is 12.1 Å². The van der Waals surface area contributed by atoms with Gasteiger partial charge in [-0.2, -0.15) is 0 Å². The number of carboxylic acids is 1. The van der Waals surface area contributed by atoms with E-state index in [1.54, 1.807) is 0 Å². The summed E-state index contributed by atoms with van der Waals surface area (Å²) in [4.78, 5) is 13.5. The molecule has 152 valence electrons. The Morgan fingerprint density at radius 2 is 1.86 bits per heavy atom. The zero-order chi connectivity index (χ0) is 20.8. The van der Waals surface area contributed by atoms with Crippen LogP contribution in [0.4, 0.5) is 0 Å². The highest BCUT2D eigenvalue weighted by Gasteiger charge is 2.39. The minimum Gasteiger partial charge on any atom is -0.481 e. The third kappa shape index (κ3) is 3.89. The predicted molar refractivity (Wildman–Crippen MR) is 119 cm³/mol. The molecule has 1 unspecified atom stereocenters. The molecule has 0 heterocycles. The topological polar surface area (TPSA) is 40.5 Å². The summed E-state index contributed by atoms with van der Waals surface area (Å²) < 4.78 is 0. The molecule has 0 aromatic heterocycles. The van der Waals surface area contributed by atoms with Gasteiger partial charge in [0.25, 0.3) is 0 Å². The van der Waals surface area contributed by atoms with Crippen LogP contribution in [0.15, 0.2) is 43.0 Å². The quantitative estimate of drug-likeness (QED) is 0.676. The summed E-state index contributed by atoms with van der Waals surface area (Å²) in [5.74, 6) is -0.798. The van der Waals surface area contributed by atoms with Crippen molar-refractivity contribution in [2.24, 2.45) is 0 Å². The van der Waals surface area contributed by atoms with Crippen molar-refractivity contribution in [1.82, 2.24) is 4.90 Å². The van der Waals surface area contributed by atoms with E-state index in [-0.39, 0.29) is 11.8 Å². The van der Waals surface area contributed by atoms with Crippen molar-refractivity contribution < 1.29 is 9.90 Å². The largest absolute Gasteiger partial charge is 0.481 e. The Labute approximate surface area is 174 Å². The van der Waals surface area contributed by atoms with Crippen molar-refractivity contribution in [1.29, 1.82) is 0 Å². The molecule has 0 spiro atoms. The van der Waals surface area contributed by atoms with Crippen LogP contribution in [0.2, 0.25) is 0 Å². The lowest BCUT2D eigenvalue weighted by Crippen LogP contribution is -2.35. The van der Waals surface area contributed by atoms with Crippen molar-refractivity contribution in [3.8, 4) is 11.1 Å². The average molecular weight is 390 g/mol. The summed E-state index contributed by atoms with van der Waals surface area (Å²) in [5, 5.41) is 9.01. The van der Waals surface area contributed by atoms with Crippen LogP contribution in [0, 0.1) is 0 Å². The summed E-state index contributed by atoms with van der Waals surface area (Å²) in [7, 11) is 2.28. The lowest BCUT2D eigenvalue weighted by molar-refractivity contribution is -0.136. The Bertz CT molecular complexity index is 938. The van der Waals surface area contributed by atoms with Gasteiger partial charge in [0.05, 0.1) is 6.42 Å². The molecule has 2 aliphatic carbocycles. The van der Waals surface area contributed by atoms with Crippen molar-refractivity contribution in [2.45, 2.75) is 63.5 Å². The van der Waals surface area contributed by atoms with Crippen LogP contribution in [-0.4, -0.2) is 29.1 Å². The number of hydrogen-bond acceptors (Lipinski definition) is 2. The van der Waals surface area contributed by atoms with E-state index in [0.717, 1.165) is 17.2 Å².